The van der Waals surface area contributed by atoms with E-state index in [1.165, 1.54) is 29.5 Å². The first-order valence-electron chi connectivity index (χ1n) is 8.78. The highest BCUT2D eigenvalue weighted by atomic mass is 79.9. The molecule has 3 rings (SSSR count). The maximum Gasteiger partial charge on any atom is 0.270 e. The molecule has 29 heavy (non-hydrogen) atoms. The summed E-state index contributed by atoms with van der Waals surface area (Å²) in [7, 11) is 3.88. The molecular formula is C20H19BrN4O3S. The van der Waals surface area contributed by atoms with Crippen molar-refractivity contribution in [2.75, 3.05) is 32.1 Å². The Balaban J connectivity index is 1.87. The molecule has 0 aliphatic rings. The van der Waals surface area contributed by atoms with E-state index >= 15 is 0 Å². The third-order valence-electron chi connectivity index (χ3n) is 4.11. The number of nitrogens with zero attached hydrogens (tertiary/aromatic N) is 4. The second kappa shape index (κ2) is 9.25. The summed E-state index contributed by atoms with van der Waals surface area (Å²) >= 11 is 4.91. The zero-order valence-corrected chi connectivity index (χ0v) is 18.3. The van der Waals surface area contributed by atoms with Crippen LogP contribution < -0.4 is 4.90 Å². The highest BCUT2D eigenvalue weighted by molar-refractivity contribution is 9.10. The van der Waals surface area contributed by atoms with Crippen molar-refractivity contribution in [1.82, 2.24) is 9.88 Å². The molecule has 1 aromatic heterocycles. The van der Waals surface area contributed by atoms with Crippen molar-refractivity contribution < 1.29 is 9.72 Å². The van der Waals surface area contributed by atoms with Crippen LogP contribution >= 0.6 is 27.3 Å². The summed E-state index contributed by atoms with van der Waals surface area (Å²) in [6.07, 6.45) is 3.01. The van der Waals surface area contributed by atoms with Gasteiger partial charge in [-0.1, -0.05) is 39.4 Å². The number of hydrogen-bond acceptors (Lipinski definition) is 6. The molecule has 3 aromatic rings. The summed E-state index contributed by atoms with van der Waals surface area (Å²) in [6.45, 7) is 1.15. The Bertz CT molecular complexity index is 1080. The SMILES string of the molecule is CN(C)CCN(C(=O)C=Cc1cccc([N+](=O)[O-])c1)c1nc2ccc(Br)cc2s1. The number of hydrogen-bond donors (Lipinski definition) is 0. The number of non-ortho nitro benzene ring substituents is 1. The molecule has 0 N–H and O–H groups in total. The summed E-state index contributed by atoms with van der Waals surface area (Å²) in [5, 5.41) is 11.6. The van der Waals surface area contributed by atoms with Crippen LogP contribution in [0.5, 0.6) is 0 Å². The molecule has 0 atom stereocenters. The van der Waals surface area contributed by atoms with E-state index < -0.39 is 4.92 Å². The molecule has 0 saturated carbocycles. The van der Waals surface area contributed by atoms with Crippen LogP contribution in [0.3, 0.4) is 0 Å². The van der Waals surface area contributed by atoms with E-state index in [9.17, 15) is 14.9 Å². The summed E-state index contributed by atoms with van der Waals surface area (Å²) in [5.41, 5.74) is 1.41. The van der Waals surface area contributed by atoms with Crippen LogP contribution in [-0.4, -0.2) is 47.9 Å². The third kappa shape index (κ3) is 5.47. The topological polar surface area (TPSA) is 79.6 Å². The number of carbonyl (C=O) groups is 1. The predicted octanol–water partition coefficient (Wildman–Crippen LogP) is 4.58. The third-order valence-corrected chi connectivity index (χ3v) is 5.64. The van der Waals surface area contributed by atoms with E-state index in [4.69, 9.17) is 0 Å². The molecule has 1 amide bonds. The Hall–Kier alpha value is -2.62. The van der Waals surface area contributed by atoms with Crippen molar-refractivity contribution in [2.45, 2.75) is 0 Å². The highest BCUT2D eigenvalue weighted by Gasteiger charge is 2.18. The lowest BCUT2D eigenvalue weighted by molar-refractivity contribution is -0.384. The minimum Gasteiger partial charge on any atom is -0.308 e. The molecule has 0 unspecified atom stereocenters. The van der Waals surface area contributed by atoms with Crippen LogP contribution in [0.2, 0.25) is 0 Å². The Morgan fingerprint density at radius 1 is 1.24 bits per heavy atom. The first-order valence-corrected chi connectivity index (χ1v) is 10.4. The fraction of sp³-hybridized carbons (Fsp3) is 0.200. The molecule has 0 fully saturated rings. The number of rotatable bonds is 7. The largest absolute Gasteiger partial charge is 0.308 e. The zero-order chi connectivity index (χ0) is 21.0. The van der Waals surface area contributed by atoms with Gasteiger partial charge in [0.15, 0.2) is 5.13 Å². The monoisotopic (exact) mass is 474 g/mol. The fourth-order valence-electron chi connectivity index (χ4n) is 2.60. The lowest BCUT2D eigenvalue weighted by atomic mass is 10.2. The van der Waals surface area contributed by atoms with Crippen molar-refractivity contribution in [2.24, 2.45) is 0 Å². The molecule has 0 bridgehead atoms. The second-order valence-corrected chi connectivity index (χ2v) is 8.51. The van der Waals surface area contributed by atoms with Gasteiger partial charge in [0.1, 0.15) is 0 Å². The smallest absolute Gasteiger partial charge is 0.270 e. The number of halogens is 1. The Labute approximate surface area is 180 Å². The van der Waals surface area contributed by atoms with Gasteiger partial charge in [0, 0.05) is 35.8 Å². The normalized spacial score (nSPS) is 11.4. The standard InChI is InChI=1S/C20H19BrN4O3S/c1-23(2)10-11-24(20-22-17-8-7-15(21)13-18(17)29-20)19(26)9-6-14-4-3-5-16(12-14)25(27)28/h3-9,12-13H,10-11H2,1-2H3. The number of benzene rings is 2. The van der Waals surface area contributed by atoms with E-state index in [1.807, 2.05) is 37.2 Å². The average Bonchev–Trinajstić information content (AvgIpc) is 3.09. The van der Waals surface area contributed by atoms with Gasteiger partial charge in [0.05, 0.1) is 15.1 Å². The van der Waals surface area contributed by atoms with Gasteiger partial charge in [-0.15, -0.1) is 0 Å². The first kappa shape index (κ1) is 21.1. The number of carbonyl (C=O) groups excluding carboxylic acids is 1. The minimum absolute atomic E-state index is 0.0131. The van der Waals surface area contributed by atoms with E-state index in [0.29, 0.717) is 23.8 Å². The summed E-state index contributed by atoms with van der Waals surface area (Å²) in [4.78, 5) is 31.6. The van der Waals surface area contributed by atoms with Gasteiger partial charge >= 0.3 is 0 Å². The van der Waals surface area contributed by atoms with Gasteiger partial charge < -0.3 is 4.90 Å². The van der Waals surface area contributed by atoms with E-state index in [0.717, 1.165) is 14.7 Å². The Kier molecular flexibility index (Phi) is 6.73. The maximum absolute atomic E-state index is 12.9. The van der Waals surface area contributed by atoms with Crippen molar-refractivity contribution in [3.63, 3.8) is 0 Å². The van der Waals surface area contributed by atoms with Gasteiger partial charge in [-0.2, -0.15) is 0 Å². The van der Waals surface area contributed by atoms with Gasteiger partial charge in [0.2, 0.25) is 0 Å². The number of aromatic nitrogens is 1. The van der Waals surface area contributed by atoms with Crippen molar-refractivity contribution >= 4 is 60.3 Å². The predicted molar refractivity (Wildman–Crippen MR) is 120 cm³/mol. The second-order valence-electron chi connectivity index (χ2n) is 6.59. The highest BCUT2D eigenvalue weighted by Crippen LogP contribution is 2.31. The molecule has 7 nitrogen and oxygen atoms in total. The summed E-state index contributed by atoms with van der Waals surface area (Å²) < 4.78 is 1.94. The molecule has 0 saturated heterocycles. The van der Waals surface area contributed by atoms with Crippen LogP contribution in [-0.2, 0) is 4.79 Å². The molecule has 1 heterocycles. The van der Waals surface area contributed by atoms with Crippen LogP contribution in [0, 0.1) is 10.1 Å². The van der Waals surface area contributed by atoms with Crippen LogP contribution in [0.1, 0.15) is 5.56 Å². The molecule has 0 radical (unpaired) electrons. The van der Waals surface area contributed by atoms with Crippen LogP contribution in [0.4, 0.5) is 10.8 Å². The van der Waals surface area contributed by atoms with Crippen molar-refractivity contribution in [3.8, 4) is 0 Å². The van der Waals surface area contributed by atoms with Crippen LogP contribution in [0.15, 0.2) is 53.0 Å². The number of anilines is 1. The number of nitro benzene ring substituents is 1. The van der Waals surface area contributed by atoms with Gasteiger partial charge in [-0.3, -0.25) is 19.8 Å². The zero-order valence-electron chi connectivity index (χ0n) is 15.9. The average molecular weight is 475 g/mol. The van der Waals surface area contributed by atoms with Crippen LogP contribution in [0.25, 0.3) is 16.3 Å². The lowest BCUT2D eigenvalue weighted by Crippen LogP contribution is -2.35. The molecule has 9 heteroatoms. The maximum atomic E-state index is 12.9. The lowest BCUT2D eigenvalue weighted by Gasteiger charge is -2.20. The number of likely N-dealkylation sites (N-methyl/N-ethyl adjacent to an activating group) is 1. The van der Waals surface area contributed by atoms with E-state index in [-0.39, 0.29) is 11.6 Å². The van der Waals surface area contributed by atoms with E-state index in [2.05, 4.69) is 20.9 Å². The quantitative estimate of drug-likeness (QED) is 0.284. The van der Waals surface area contributed by atoms with Gasteiger partial charge in [-0.05, 0) is 43.9 Å². The van der Waals surface area contributed by atoms with Crippen molar-refractivity contribution in [1.29, 1.82) is 0 Å². The first-order chi connectivity index (χ1) is 13.8. The molecule has 0 aliphatic heterocycles. The van der Waals surface area contributed by atoms with Gasteiger partial charge in [0.25, 0.3) is 11.6 Å². The molecular weight excluding hydrogens is 456 g/mol. The molecule has 0 spiro atoms. The van der Waals surface area contributed by atoms with Gasteiger partial charge in [-0.25, -0.2) is 4.98 Å². The minimum atomic E-state index is -0.457. The van der Waals surface area contributed by atoms with Crippen molar-refractivity contribution in [3.05, 3.63) is 68.7 Å². The number of amides is 1. The number of nitro groups is 1. The van der Waals surface area contributed by atoms with E-state index in [1.54, 1.807) is 23.1 Å². The molecule has 2 aromatic carbocycles. The molecule has 150 valence electrons. The number of fused-ring (bicyclic) bond motifs is 1. The summed E-state index contributed by atoms with van der Waals surface area (Å²) in [6, 6.07) is 12.0. The fourth-order valence-corrected chi connectivity index (χ4v) is 4.15. The number of thiazole rings is 1. The Morgan fingerprint density at radius 3 is 2.76 bits per heavy atom. The molecule has 0 aliphatic carbocycles. The Morgan fingerprint density at radius 2 is 2.03 bits per heavy atom. The summed E-state index contributed by atoms with van der Waals surface area (Å²) in [5.74, 6) is -0.225.